The van der Waals surface area contributed by atoms with Crippen molar-refractivity contribution in [3.05, 3.63) is 28.6 Å². The van der Waals surface area contributed by atoms with Gasteiger partial charge < -0.3 is 4.57 Å². The molecule has 1 aromatic rings. The van der Waals surface area contributed by atoms with Gasteiger partial charge in [0.25, 0.3) is 5.69 Å². The van der Waals surface area contributed by atoms with Crippen molar-refractivity contribution in [3.8, 4) is 0 Å². The van der Waals surface area contributed by atoms with Crippen molar-refractivity contribution < 1.29 is 4.92 Å². The highest BCUT2D eigenvalue weighted by atomic mass is 16.6. The highest BCUT2D eigenvalue weighted by Gasteiger charge is 2.05. The van der Waals surface area contributed by atoms with Crippen LogP contribution in [0.3, 0.4) is 0 Å². The van der Waals surface area contributed by atoms with Crippen LogP contribution in [-0.2, 0) is 6.54 Å². The first kappa shape index (κ1) is 7.78. The van der Waals surface area contributed by atoms with Crippen LogP contribution in [0.4, 0.5) is 5.69 Å². The van der Waals surface area contributed by atoms with Gasteiger partial charge in [0, 0.05) is 18.8 Å². The fourth-order valence-corrected chi connectivity index (χ4v) is 0.933. The van der Waals surface area contributed by atoms with E-state index in [9.17, 15) is 10.1 Å². The molecule has 0 bridgehead atoms. The molecule has 0 N–H and O–H groups in total. The number of aromatic nitrogens is 1. The standard InChI is InChI=1S/C7H10N2O2/c1-2-4-8-5-3-7(6-8)9(10)11/h3,5-6H,2,4H2,1H3. The molecule has 0 unspecified atom stereocenters. The summed E-state index contributed by atoms with van der Waals surface area (Å²) in [6.07, 6.45) is 4.26. The second kappa shape index (κ2) is 3.18. The maximum absolute atomic E-state index is 10.2. The molecule has 0 atom stereocenters. The molecule has 4 nitrogen and oxygen atoms in total. The minimum absolute atomic E-state index is 0.165. The normalized spacial score (nSPS) is 9.91. The van der Waals surface area contributed by atoms with Gasteiger partial charge in [0.15, 0.2) is 0 Å². The van der Waals surface area contributed by atoms with E-state index in [4.69, 9.17) is 0 Å². The first-order chi connectivity index (χ1) is 5.24. The average molecular weight is 154 g/mol. The molecule has 1 heterocycles. The van der Waals surface area contributed by atoms with E-state index in [-0.39, 0.29) is 10.6 Å². The predicted molar refractivity (Wildman–Crippen MR) is 41.4 cm³/mol. The summed E-state index contributed by atoms with van der Waals surface area (Å²) in [5.74, 6) is 0. The van der Waals surface area contributed by atoms with Crippen LogP contribution in [0, 0.1) is 10.1 Å². The van der Waals surface area contributed by atoms with E-state index in [1.54, 1.807) is 12.4 Å². The second-order valence-corrected chi connectivity index (χ2v) is 2.36. The summed E-state index contributed by atoms with van der Waals surface area (Å²) in [5, 5.41) is 10.2. The summed E-state index contributed by atoms with van der Waals surface area (Å²) >= 11 is 0. The first-order valence-corrected chi connectivity index (χ1v) is 3.54. The number of hydrogen-bond donors (Lipinski definition) is 0. The SMILES string of the molecule is CCCn1ccc([N+](=O)[O-])c1. The Balaban J connectivity index is 2.73. The summed E-state index contributed by atoms with van der Waals surface area (Å²) in [7, 11) is 0. The summed E-state index contributed by atoms with van der Waals surface area (Å²) in [6.45, 7) is 2.87. The Morgan fingerprint density at radius 2 is 2.45 bits per heavy atom. The lowest BCUT2D eigenvalue weighted by Gasteiger charge is -1.94. The van der Waals surface area contributed by atoms with Gasteiger partial charge >= 0.3 is 0 Å². The van der Waals surface area contributed by atoms with E-state index >= 15 is 0 Å². The zero-order valence-corrected chi connectivity index (χ0v) is 6.36. The smallest absolute Gasteiger partial charge is 0.286 e. The van der Waals surface area contributed by atoms with Crippen LogP contribution in [0.5, 0.6) is 0 Å². The van der Waals surface area contributed by atoms with Crippen LogP contribution in [-0.4, -0.2) is 9.49 Å². The Morgan fingerprint density at radius 1 is 1.73 bits per heavy atom. The van der Waals surface area contributed by atoms with Crippen molar-refractivity contribution in [1.29, 1.82) is 0 Å². The molecule has 0 aliphatic carbocycles. The zero-order valence-electron chi connectivity index (χ0n) is 6.36. The molecule has 1 aromatic heterocycles. The maximum Gasteiger partial charge on any atom is 0.286 e. The van der Waals surface area contributed by atoms with Crippen molar-refractivity contribution >= 4 is 5.69 Å². The quantitative estimate of drug-likeness (QED) is 0.492. The van der Waals surface area contributed by atoms with Crippen LogP contribution in [0.1, 0.15) is 13.3 Å². The number of hydrogen-bond acceptors (Lipinski definition) is 2. The molecule has 0 spiro atoms. The Kier molecular flexibility index (Phi) is 2.25. The fourth-order valence-electron chi connectivity index (χ4n) is 0.933. The number of nitro groups is 1. The lowest BCUT2D eigenvalue weighted by atomic mass is 10.5. The van der Waals surface area contributed by atoms with E-state index in [0.29, 0.717) is 0 Å². The highest BCUT2D eigenvalue weighted by Crippen LogP contribution is 2.10. The van der Waals surface area contributed by atoms with Crippen LogP contribution >= 0.6 is 0 Å². The summed E-state index contributed by atoms with van der Waals surface area (Å²) in [4.78, 5) is 9.83. The molecule has 0 amide bonds. The molecule has 0 saturated heterocycles. The second-order valence-electron chi connectivity index (χ2n) is 2.36. The fraction of sp³-hybridized carbons (Fsp3) is 0.429. The third-order valence-electron chi connectivity index (χ3n) is 1.43. The van der Waals surface area contributed by atoms with Gasteiger partial charge in [-0.2, -0.15) is 0 Å². The van der Waals surface area contributed by atoms with E-state index in [0.717, 1.165) is 13.0 Å². The average Bonchev–Trinajstić information content (AvgIpc) is 2.37. The minimum atomic E-state index is -0.383. The van der Waals surface area contributed by atoms with Gasteiger partial charge in [0.1, 0.15) is 0 Å². The minimum Gasteiger partial charge on any atom is -0.348 e. The molecule has 0 aliphatic heterocycles. The molecule has 11 heavy (non-hydrogen) atoms. The van der Waals surface area contributed by atoms with Crippen molar-refractivity contribution in [1.82, 2.24) is 4.57 Å². The molecule has 0 radical (unpaired) electrons. The maximum atomic E-state index is 10.2. The van der Waals surface area contributed by atoms with Crippen LogP contribution in [0.2, 0.25) is 0 Å². The van der Waals surface area contributed by atoms with Gasteiger partial charge in [-0.15, -0.1) is 0 Å². The van der Waals surface area contributed by atoms with Crippen LogP contribution in [0.15, 0.2) is 18.5 Å². The van der Waals surface area contributed by atoms with Crippen molar-refractivity contribution in [2.45, 2.75) is 19.9 Å². The van der Waals surface area contributed by atoms with E-state index in [2.05, 4.69) is 0 Å². The molecule has 4 heteroatoms. The summed E-state index contributed by atoms with van der Waals surface area (Å²) in [6, 6.07) is 1.51. The molecular formula is C7H10N2O2. The summed E-state index contributed by atoms with van der Waals surface area (Å²) < 4.78 is 1.82. The van der Waals surface area contributed by atoms with E-state index in [1.165, 1.54) is 6.07 Å². The molecule has 0 aromatic carbocycles. The van der Waals surface area contributed by atoms with E-state index < -0.39 is 0 Å². The predicted octanol–water partition coefficient (Wildman–Crippen LogP) is 1.81. The first-order valence-electron chi connectivity index (χ1n) is 3.54. The molecule has 0 saturated carbocycles. The monoisotopic (exact) mass is 154 g/mol. The Labute approximate surface area is 64.6 Å². The molecule has 0 fully saturated rings. The van der Waals surface area contributed by atoms with Crippen LogP contribution in [0.25, 0.3) is 0 Å². The number of rotatable bonds is 3. The molecular weight excluding hydrogens is 144 g/mol. The topological polar surface area (TPSA) is 48.1 Å². The van der Waals surface area contributed by atoms with Gasteiger partial charge in [-0.05, 0) is 6.42 Å². The lowest BCUT2D eigenvalue weighted by Crippen LogP contribution is -1.91. The molecule has 0 aliphatic rings. The summed E-state index contributed by atoms with van der Waals surface area (Å²) in [5.41, 5.74) is 0.165. The Bertz CT molecular complexity index is 255. The van der Waals surface area contributed by atoms with Crippen molar-refractivity contribution in [2.75, 3.05) is 0 Å². The van der Waals surface area contributed by atoms with Gasteiger partial charge in [-0.3, -0.25) is 10.1 Å². The van der Waals surface area contributed by atoms with Gasteiger partial charge in [-0.25, -0.2) is 0 Å². The number of aryl methyl sites for hydroxylation is 1. The largest absolute Gasteiger partial charge is 0.348 e. The molecule has 1 rings (SSSR count). The van der Waals surface area contributed by atoms with Gasteiger partial charge in [0.2, 0.25) is 0 Å². The third kappa shape index (κ3) is 1.80. The van der Waals surface area contributed by atoms with Crippen molar-refractivity contribution in [2.24, 2.45) is 0 Å². The lowest BCUT2D eigenvalue weighted by molar-refractivity contribution is -0.384. The Morgan fingerprint density at radius 3 is 2.91 bits per heavy atom. The molecule has 60 valence electrons. The zero-order chi connectivity index (χ0) is 8.27. The van der Waals surface area contributed by atoms with Gasteiger partial charge in [-0.1, -0.05) is 6.92 Å². The third-order valence-corrected chi connectivity index (χ3v) is 1.43. The van der Waals surface area contributed by atoms with Gasteiger partial charge in [0.05, 0.1) is 11.1 Å². The van der Waals surface area contributed by atoms with E-state index in [1.807, 2.05) is 11.5 Å². The highest BCUT2D eigenvalue weighted by molar-refractivity contribution is 5.25. The van der Waals surface area contributed by atoms with Crippen molar-refractivity contribution in [3.63, 3.8) is 0 Å². The Hall–Kier alpha value is -1.32. The van der Waals surface area contributed by atoms with Crippen LogP contribution < -0.4 is 0 Å². The number of nitrogens with zero attached hydrogens (tertiary/aromatic N) is 2.